The predicted octanol–water partition coefficient (Wildman–Crippen LogP) is 1.65. The zero-order valence-corrected chi connectivity index (χ0v) is 11.2. The van der Waals surface area contributed by atoms with Crippen molar-refractivity contribution in [2.75, 3.05) is 18.1 Å². The molecule has 5 heteroatoms. The number of aromatic nitrogens is 3. The van der Waals surface area contributed by atoms with E-state index >= 15 is 0 Å². The highest BCUT2D eigenvalue weighted by Gasteiger charge is 2.02. The average Bonchev–Trinajstić information content (AvgIpc) is 2.70. The third-order valence-electron chi connectivity index (χ3n) is 2.12. The first-order valence-corrected chi connectivity index (χ1v) is 6.97. The number of nitrogens with zero attached hydrogens (tertiary/aromatic N) is 3. The molecule has 0 radical (unpaired) electrons. The molecule has 0 fully saturated rings. The summed E-state index contributed by atoms with van der Waals surface area (Å²) in [5.74, 6) is 3.21. The van der Waals surface area contributed by atoms with E-state index in [9.17, 15) is 0 Å². The fraction of sp³-hybridized carbons (Fsp3) is 0.818. The first kappa shape index (κ1) is 13.5. The normalized spacial score (nSPS) is 13.2. The highest BCUT2D eigenvalue weighted by molar-refractivity contribution is 7.99. The number of thioether (sulfide) groups is 1. The van der Waals surface area contributed by atoms with E-state index in [0.717, 1.165) is 19.0 Å². The molecule has 0 spiro atoms. The average molecular weight is 242 g/mol. The minimum Gasteiger partial charge on any atom is -0.312 e. The maximum Gasteiger partial charge on any atom is 0.137 e. The molecule has 0 aliphatic rings. The highest BCUT2D eigenvalue weighted by Crippen LogP contribution is 2.08. The van der Waals surface area contributed by atoms with Gasteiger partial charge in [0.05, 0.1) is 6.54 Å². The summed E-state index contributed by atoms with van der Waals surface area (Å²) in [4.78, 5) is 3.91. The van der Waals surface area contributed by atoms with Crippen LogP contribution < -0.4 is 5.32 Å². The van der Waals surface area contributed by atoms with Crippen LogP contribution in [0.4, 0.5) is 0 Å². The Hall–Kier alpha value is -0.550. The molecule has 4 nitrogen and oxygen atoms in total. The van der Waals surface area contributed by atoms with Crippen LogP contribution in [0, 0.1) is 5.92 Å². The molecule has 0 amide bonds. The van der Waals surface area contributed by atoms with Crippen molar-refractivity contribution < 1.29 is 0 Å². The third-order valence-corrected chi connectivity index (χ3v) is 3.76. The van der Waals surface area contributed by atoms with Crippen LogP contribution in [0.1, 0.15) is 20.8 Å². The number of rotatable bonds is 8. The van der Waals surface area contributed by atoms with E-state index in [1.165, 1.54) is 11.5 Å². The SMILES string of the molecule is CC(C)CSCC(C)NCCn1cncn1. The van der Waals surface area contributed by atoms with Gasteiger partial charge in [-0.05, 0) is 18.6 Å². The quantitative estimate of drug-likeness (QED) is 0.752. The van der Waals surface area contributed by atoms with Crippen molar-refractivity contribution in [3.63, 3.8) is 0 Å². The van der Waals surface area contributed by atoms with Crippen molar-refractivity contribution >= 4 is 11.8 Å². The van der Waals surface area contributed by atoms with E-state index in [-0.39, 0.29) is 0 Å². The van der Waals surface area contributed by atoms with Gasteiger partial charge in [0.1, 0.15) is 12.7 Å². The van der Waals surface area contributed by atoms with Gasteiger partial charge in [0.2, 0.25) is 0 Å². The topological polar surface area (TPSA) is 42.7 Å². The van der Waals surface area contributed by atoms with Gasteiger partial charge in [-0.25, -0.2) is 4.98 Å². The Morgan fingerprint density at radius 1 is 1.31 bits per heavy atom. The Kier molecular flexibility index (Phi) is 6.49. The van der Waals surface area contributed by atoms with Crippen LogP contribution in [-0.2, 0) is 6.54 Å². The van der Waals surface area contributed by atoms with Crippen molar-refractivity contribution in [1.29, 1.82) is 0 Å². The van der Waals surface area contributed by atoms with Crippen LogP contribution in [0.2, 0.25) is 0 Å². The number of hydrogen-bond donors (Lipinski definition) is 1. The van der Waals surface area contributed by atoms with Gasteiger partial charge in [-0.2, -0.15) is 16.9 Å². The number of nitrogens with one attached hydrogen (secondary N) is 1. The van der Waals surface area contributed by atoms with E-state index in [1.54, 1.807) is 12.7 Å². The molecule has 1 unspecified atom stereocenters. The van der Waals surface area contributed by atoms with Crippen LogP contribution in [0.5, 0.6) is 0 Å². The maximum atomic E-state index is 4.06. The van der Waals surface area contributed by atoms with Crippen LogP contribution in [0.3, 0.4) is 0 Å². The minimum absolute atomic E-state index is 0.562. The first-order valence-electron chi connectivity index (χ1n) is 5.82. The largest absolute Gasteiger partial charge is 0.312 e. The van der Waals surface area contributed by atoms with Crippen LogP contribution in [-0.4, -0.2) is 38.9 Å². The number of hydrogen-bond acceptors (Lipinski definition) is 4. The van der Waals surface area contributed by atoms with Crippen LogP contribution in [0.15, 0.2) is 12.7 Å². The summed E-state index contributed by atoms with van der Waals surface area (Å²) >= 11 is 2.02. The second-order valence-electron chi connectivity index (χ2n) is 4.45. The first-order chi connectivity index (χ1) is 7.68. The minimum atomic E-state index is 0.562. The molecule has 1 N–H and O–H groups in total. The monoisotopic (exact) mass is 242 g/mol. The lowest BCUT2D eigenvalue weighted by molar-refractivity contribution is 0.518. The van der Waals surface area contributed by atoms with E-state index in [2.05, 4.69) is 36.2 Å². The molecule has 1 rings (SSSR count). The molecule has 0 aliphatic heterocycles. The Morgan fingerprint density at radius 2 is 2.12 bits per heavy atom. The Balaban J connectivity index is 2.00. The summed E-state index contributed by atoms with van der Waals surface area (Å²) < 4.78 is 1.85. The molecule has 92 valence electrons. The van der Waals surface area contributed by atoms with E-state index in [4.69, 9.17) is 0 Å². The second kappa shape index (κ2) is 7.68. The molecular weight excluding hydrogens is 220 g/mol. The lowest BCUT2D eigenvalue weighted by Gasteiger charge is -2.14. The molecule has 1 aromatic rings. The lowest BCUT2D eigenvalue weighted by Crippen LogP contribution is -2.31. The molecule has 1 atom stereocenters. The molecular formula is C11H22N4S. The van der Waals surface area contributed by atoms with Crippen LogP contribution >= 0.6 is 11.8 Å². The summed E-state index contributed by atoms with van der Waals surface area (Å²) in [6, 6.07) is 0.562. The van der Waals surface area contributed by atoms with Gasteiger partial charge in [0.15, 0.2) is 0 Å². The second-order valence-corrected chi connectivity index (χ2v) is 5.52. The third kappa shape index (κ3) is 6.12. The van der Waals surface area contributed by atoms with Gasteiger partial charge in [0, 0.05) is 18.3 Å². The smallest absolute Gasteiger partial charge is 0.137 e. The van der Waals surface area contributed by atoms with E-state index in [0.29, 0.717) is 6.04 Å². The molecule has 16 heavy (non-hydrogen) atoms. The zero-order valence-electron chi connectivity index (χ0n) is 10.4. The van der Waals surface area contributed by atoms with Crippen molar-refractivity contribution in [3.05, 3.63) is 12.7 Å². The predicted molar refractivity (Wildman–Crippen MR) is 69.6 cm³/mol. The van der Waals surface area contributed by atoms with Gasteiger partial charge >= 0.3 is 0 Å². The maximum absolute atomic E-state index is 4.06. The standard InChI is InChI=1S/C11H22N4S/c1-10(2)6-16-7-11(3)13-4-5-15-9-12-8-14-15/h8-11,13H,4-7H2,1-3H3. The summed E-state index contributed by atoms with van der Waals surface area (Å²) in [7, 11) is 0. The molecule has 0 bridgehead atoms. The van der Waals surface area contributed by atoms with Crippen LogP contribution in [0.25, 0.3) is 0 Å². The fourth-order valence-electron chi connectivity index (χ4n) is 1.31. The highest BCUT2D eigenvalue weighted by atomic mass is 32.2. The Labute approximate surface area is 102 Å². The molecule has 0 aliphatic carbocycles. The van der Waals surface area contributed by atoms with Gasteiger partial charge in [-0.1, -0.05) is 13.8 Å². The van der Waals surface area contributed by atoms with Gasteiger partial charge in [-0.3, -0.25) is 4.68 Å². The van der Waals surface area contributed by atoms with E-state index in [1.807, 2.05) is 16.4 Å². The molecule has 1 heterocycles. The Morgan fingerprint density at radius 3 is 2.75 bits per heavy atom. The summed E-state index contributed by atoms with van der Waals surface area (Å²) in [6.07, 6.45) is 3.32. The zero-order chi connectivity index (χ0) is 11.8. The molecule has 1 aromatic heterocycles. The van der Waals surface area contributed by atoms with Crippen molar-refractivity contribution in [2.45, 2.75) is 33.4 Å². The molecule has 0 saturated carbocycles. The van der Waals surface area contributed by atoms with Crippen molar-refractivity contribution in [3.8, 4) is 0 Å². The Bertz CT molecular complexity index is 261. The van der Waals surface area contributed by atoms with Crippen molar-refractivity contribution in [2.24, 2.45) is 5.92 Å². The lowest BCUT2D eigenvalue weighted by atomic mass is 10.3. The molecule has 0 saturated heterocycles. The van der Waals surface area contributed by atoms with Crippen molar-refractivity contribution in [1.82, 2.24) is 20.1 Å². The summed E-state index contributed by atoms with van der Waals surface area (Å²) in [6.45, 7) is 8.59. The fourth-order valence-corrected chi connectivity index (χ4v) is 2.39. The summed E-state index contributed by atoms with van der Waals surface area (Å²) in [5.41, 5.74) is 0. The summed E-state index contributed by atoms with van der Waals surface area (Å²) in [5, 5.41) is 7.54. The van der Waals surface area contributed by atoms with Gasteiger partial charge in [-0.15, -0.1) is 0 Å². The van der Waals surface area contributed by atoms with E-state index < -0.39 is 0 Å². The van der Waals surface area contributed by atoms with Gasteiger partial charge < -0.3 is 5.32 Å². The molecule has 0 aromatic carbocycles. The van der Waals surface area contributed by atoms with Gasteiger partial charge in [0.25, 0.3) is 0 Å².